The Bertz CT molecular complexity index is 1330. The highest BCUT2D eigenvalue weighted by Gasteiger charge is 2.61. The lowest BCUT2D eigenvalue weighted by Gasteiger charge is -2.29. The molecule has 2 saturated carbocycles. The number of benzene rings is 1. The van der Waals surface area contributed by atoms with Crippen LogP contribution < -0.4 is 10.6 Å². The summed E-state index contributed by atoms with van der Waals surface area (Å²) in [7, 11) is 0. The molecule has 0 bridgehead atoms. The van der Waals surface area contributed by atoms with Gasteiger partial charge in [0, 0.05) is 25.4 Å². The van der Waals surface area contributed by atoms with Crippen molar-refractivity contribution in [3.05, 3.63) is 47.5 Å². The average molecular weight is 623 g/mol. The molecule has 1 saturated heterocycles. The zero-order valence-electron chi connectivity index (χ0n) is 25.4. The quantitative estimate of drug-likeness (QED) is 0.430. The van der Waals surface area contributed by atoms with E-state index in [9.17, 15) is 29.1 Å². The number of amides is 4. The van der Waals surface area contributed by atoms with Gasteiger partial charge in [-0.25, -0.2) is 14.4 Å². The van der Waals surface area contributed by atoms with Gasteiger partial charge in [-0.1, -0.05) is 49.3 Å². The lowest BCUT2D eigenvalue weighted by Crippen LogP contribution is -2.56. The van der Waals surface area contributed by atoms with Crippen LogP contribution in [0.3, 0.4) is 0 Å². The van der Waals surface area contributed by atoms with E-state index in [1.807, 2.05) is 36.4 Å². The van der Waals surface area contributed by atoms with Crippen LogP contribution in [0.4, 0.5) is 9.59 Å². The second-order valence-corrected chi connectivity index (χ2v) is 13.0. The van der Waals surface area contributed by atoms with Crippen LogP contribution in [-0.2, 0) is 36.9 Å². The number of carbonyl (C=O) groups is 5. The van der Waals surface area contributed by atoms with Gasteiger partial charge in [0.15, 0.2) is 0 Å². The molecule has 0 radical (unpaired) electrons. The summed E-state index contributed by atoms with van der Waals surface area (Å²) in [6.07, 6.45) is 8.86. The van der Waals surface area contributed by atoms with Gasteiger partial charge < -0.3 is 30.1 Å². The summed E-state index contributed by atoms with van der Waals surface area (Å²) in [6.45, 7) is 0.752. The predicted octanol–water partition coefficient (Wildman–Crippen LogP) is 3.63. The number of alkyl carbamates (subject to hydrolysis) is 1. The van der Waals surface area contributed by atoms with E-state index < -0.39 is 53.7 Å². The number of hydrogen-bond acceptors (Lipinski definition) is 7. The summed E-state index contributed by atoms with van der Waals surface area (Å²) in [5.74, 6) is -2.57. The predicted molar refractivity (Wildman–Crippen MR) is 161 cm³/mol. The highest BCUT2D eigenvalue weighted by Crippen LogP contribution is 2.45. The topological polar surface area (TPSA) is 155 Å². The van der Waals surface area contributed by atoms with Gasteiger partial charge in [-0.3, -0.25) is 14.5 Å². The van der Waals surface area contributed by atoms with Crippen molar-refractivity contribution in [2.24, 2.45) is 5.92 Å². The van der Waals surface area contributed by atoms with Crippen LogP contribution in [0.25, 0.3) is 0 Å². The smallest absolute Gasteiger partial charge is 0.410 e. The Kier molecular flexibility index (Phi) is 9.00. The van der Waals surface area contributed by atoms with Gasteiger partial charge in [0.25, 0.3) is 0 Å². The summed E-state index contributed by atoms with van der Waals surface area (Å²) in [4.78, 5) is 69.2. The van der Waals surface area contributed by atoms with Crippen molar-refractivity contribution < 1.29 is 38.6 Å². The Morgan fingerprint density at radius 3 is 2.36 bits per heavy atom. The largest absolute Gasteiger partial charge is 0.479 e. The minimum atomic E-state index is -1.44. The summed E-state index contributed by atoms with van der Waals surface area (Å²) in [5, 5.41) is 15.5. The molecule has 2 aliphatic carbocycles. The standard InChI is InChI=1S/C33H42N4O8/c38-28-27-16-25(45-32(43)36-18-21-10-6-7-11-22(21)19-36)20-37(27)29(39)26(34-31(42)44-24-13-8-9-14-24)15-5-3-1-2-4-12-23-17-33(23,35-28)30(40)41/h4,6-7,10-12,23-27H,1-3,5,8-9,13-20H2,(H,34,42)(H,35,38)(H,40,41)/b12-4-/t23-,25-,26+,27+,33-/m1/s1. The van der Waals surface area contributed by atoms with Crippen molar-refractivity contribution in [3.8, 4) is 0 Å². The minimum Gasteiger partial charge on any atom is -0.479 e. The Hall–Kier alpha value is -4.09. The van der Waals surface area contributed by atoms with Gasteiger partial charge in [-0.2, -0.15) is 0 Å². The first-order valence-corrected chi connectivity index (χ1v) is 16.3. The zero-order chi connectivity index (χ0) is 31.6. The molecule has 3 heterocycles. The molecule has 12 heteroatoms. The molecule has 0 spiro atoms. The molecule has 5 aliphatic rings. The van der Waals surface area contributed by atoms with Gasteiger partial charge >= 0.3 is 18.2 Å². The Morgan fingerprint density at radius 2 is 1.64 bits per heavy atom. The Morgan fingerprint density at radius 1 is 0.933 bits per heavy atom. The number of aliphatic carboxylic acids is 1. The van der Waals surface area contributed by atoms with Crippen LogP contribution in [0.5, 0.6) is 0 Å². The first kappa shape index (κ1) is 30.9. The van der Waals surface area contributed by atoms with Crippen LogP contribution in [0.15, 0.2) is 36.4 Å². The maximum absolute atomic E-state index is 14.1. The van der Waals surface area contributed by atoms with E-state index in [0.717, 1.165) is 56.1 Å². The highest BCUT2D eigenvalue weighted by atomic mass is 16.6. The summed E-state index contributed by atoms with van der Waals surface area (Å²) >= 11 is 0. The van der Waals surface area contributed by atoms with E-state index in [1.165, 1.54) is 4.90 Å². The SMILES string of the molecule is O=C(N[C@H]1CCCCC/C=C\[C@@H]2C[C@@]2(C(=O)O)NC(=O)[C@@H]2C[C@@H](OC(=O)N3Cc4ccccc4C3)CN2C1=O)OC1CCCC1. The zero-order valence-corrected chi connectivity index (χ0v) is 25.4. The minimum absolute atomic E-state index is 0.0134. The van der Waals surface area contributed by atoms with E-state index in [1.54, 1.807) is 4.90 Å². The van der Waals surface area contributed by atoms with Crippen LogP contribution in [0, 0.1) is 5.92 Å². The monoisotopic (exact) mass is 622 g/mol. The lowest BCUT2D eigenvalue weighted by atomic mass is 10.0. The maximum atomic E-state index is 14.1. The molecule has 4 amide bonds. The van der Waals surface area contributed by atoms with Crippen LogP contribution >= 0.6 is 0 Å². The van der Waals surface area contributed by atoms with Gasteiger partial charge in [0.05, 0.1) is 6.54 Å². The van der Waals surface area contributed by atoms with Gasteiger partial charge in [0.1, 0.15) is 29.8 Å². The average Bonchev–Trinajstić information content (AvgIpc) is 3.43. The van der Waals surface area contributed by atoms with E-state index in [0.29, 0.717) is 25.9 Å². The van der Waals surface area contributed by atoms with E-state index >= 15 is 0 Å². The molecule has 1 aromatic rings. The molecular formula is C33H42N4O8. The van der Waals surface area contributed by atoms with E-state index in [2.05, 4.69) is 10.6 Å². The molecule has 45 heavy (non-hydrogen) atoms. The van der Waals surface area contributed by atoms with Crippen LogP contribution in [0.2, 0.25) is 0 Å². The molecule has 0 aromatic heterocycles. The number of rotatable bonds is 4. The Labute approximate surface area is 262 Å². The molecule has 5 atom stereocenters. The molecule has 3 aliphatic heterocycles. The van der Waals surface area contributed by atoms with Crippen molar-refractivity contribution in [1.29, 1.82) is 0 Å². The number of allylic oxidation sites excluding steroid dienone is 1. The fourth-order valence-electron chi connectivity index (χ4n) is 7.16. The second kappa shape index (κ2) is 13.1. The Balaban J connectivity index is 1.20. The number of fused-ring (bicyclic) bond motifs is 3. The summed E-state index contributed by atoms with van der Waals surface area (Å²) in [6, 6.07) is 5.73. The number of nitrogens with zero attached hydrogens (tertiary/aromatic N) is 2. The summed E-state index contributed by atoms with van der Waals surface area (Å²) in [5.41, 5.74) is 0.628. The normalized spacial score (nSPS) is 31.0. The van der Waals surface area contributed by atoms with Crippen LogP contribution in [0.1, 0.15) is 81.8 Å². The van der Waals surface area contributed by atoms with Gasteiger partial charge in [0.2, 0.25) is 11.8 Å². The second-order valence-electron chi connectivity index (χ2n) is 13.0. The van der Waals surface area contributed by atoms with Crippen molar-refractivity contribution in [3.63, 3.8) is 0 Å². The van der Waals surface area contributed by atoms with Crippen molar-refractivity contribution in [2.45, 2.75) is 114 Å². The third kappa shape index (κ3) is 6.79. The molecule has 6 rings (SSSR count). The van der Waals surface area contributed by atoms with Crippen LogP contribution in [-0.4, -0.2) is 81.3 Å². The van der Waals surface area contributed by atoms with Gasteiger partial charge in [-0.05, 0) is 62.5 Å². The first-order chi connectivity index (χ1) is 21.7. The lowest BCUT2D eigenvalue weighted by molar-refractivity contribution is -0.145. The molecule has 0 unspecified atom stereocenters. The highest BCUT2D eigenvalue weighted by molar-refractivity contribution is 5.96. The summed E-state index contributed by atoms with van der Waals surface area (Å²) < 4.78 is 11.4. The van der Waals surface area contributed by atoms with Crippen molar-refractivity contribution in [1.82, 2.24) is 20.4 Å². The van der Waals surface area contributed by atoms with Gasteiger partial charge in [-0.15, -0.1) is 0 Å². The number of carboxylic acids is 1. The maximum Gasteiger partial charge on any atom is 0.410 e. The fraction of sp³-hybridized carbons (Fsp3) is 0.606. The molecule has 242 valence electrons. The third-order valence-electron chi connectivity index (χ3n) is 9.86. The number of hydrogen-bond donors (Lipinski definition) is 3. The van der Waals surface area contributed by atoms with E-state index in [4.69, 9.17) is 9.47 Å². The fourth-order valence-corrected chi connectivity index (χ4v) is 7.16. The number of ether oxygens (including phenoxy) is 2. The molecule has 12 nitrogen and oxygen atoms in total. The number of carboxylic acid groups (broad SMARTS) is 1. The number of nitrogens with one attached hydrogen (secondary N) is 2. The molecule has 3 N–H and O–H groups in total. The number of carbonyl (C=O) groups excluding carboxylic acids is 4. The van der Waals surface area contributed by atoms with Crippen molar-refractivity contribution in [2.75, 3.05) is 6.54 Å². The molecule has 3 fully saturated rings. The first-order valence-electron chi connectivity index (χ1n) is 16.3. The third-order valence-corrected chi connectivity index (χ3v) is 9.86. The molecule has 1 aromatic carbocycles. The molecular weight excluding hydrogens is 580 g/mol. The van der Waals surface area contributed by atoms with E-state index in [-0.39, 0.29) is 31.4 Å². The van der Waals surface area contributed by atoms with Crippen molar-refractivity contribution >= 4 is 30.0 Å².